The SMILES string of the molecule is O=C1NC(=O)C(Cn2cc3ccc(O)cc3c2O)(c2cnn(-c3ccc(F)cc3)c2)N1. The van der Waals surface area contributed by atoms with Crippen LogP contribution in [-0.4, -0.2) is 36.5 Å². The number of carbonyl (C=O) groups excluding carboxylic acids is 2. The van der Waals surface area contributed by atoms with Gasteiger partial charge in [0.1, 0.15) is 11.6 Å². The molecule has 31 heavy (non-hydrogen) atoms. The predicted molar refractivity (Wildman–Crippen MR) is 107 cm³/mol. The maximum absolute atomic E-state index is 13.2. The van der Waals surface area contributed by atoms with Gasteiger partial charge in [-0.05, 0) is 42.5 Å². The fraction of sp³-hybridized carbons (Fsp3) is 0.0952. The van der Waals surface area contributed by atoms with Crippen molar-refractivity contribution in [2.75, 3.05) is 0 Å². The first-order valence-corrected chi connectivity index (χ1v) is 9.31. The number of urea groups is 1. The van der Waals surface area contributed by atoms with Crippen LogP contribution in [0.5, 0.6) is 11.6 Å². The van der Waals surface area contributed by atoms with E-state index >= 15 is 0 Å². The summed E-state index contributed by atoms with van der Waals surface area (Å²) in [5.41, 5.74) is -0.595. The molecule has 3 amide bonds. The third-order valence-electron chi connectivity index (χ3n) is 5.36. The number of phenols is 1. The van der Waals surface area contributed by atoms with E-state index in [2.05, 4.69) is 15.7 Å². The standard InChI is InChI=1S/C21H16FN5O4/c22-14-2-4-15(5-3-14)27-10-13(8-23-27)21(19(30)24-20(31)25-21)11-26-9-12-1-6-16(28)7-17(12)18(26)29/h1-10,28-29H,11H2,(H2,24,25,30,31). The van der Waals surface area contributed by atoms with Gasteiger partial charge >= 0.3 is 6.03 Å². The summed E-state index contributed by atoms with van der Waals surface area (Å²) in [6, 6.07) is 9.49. The number of carbonyl (C=O) groups is 2. The van der Waals surface area contributed by atoms with E-state index < -0.39 is 23.3 Å². The zero-order valence-electron chi connectivity index (χ0n) is 15.9. The van der Waals surface area contributed by atoms with E-state index in [0.717, 1.165) is 0 Å². The molecule has 0 bridgehead atoms. The van der Waals surface area contributed by atoms with Gasteiger partial charge in [0.15, 0.2) is 11.4 Å². The van der Waals surface area contributed by atoms with E-state index in [-0.39, 0.29) is 18.2 Å². The lowest BCUT2D eigenvalue weighted by Crippen LogP contribution is -2.47. The Hall–Kier alpha value is -4.34. The smallest absolute Gasteiger partial charge is 0.322 e. The molecule has 0 saturated carbocycles. The molecule has 4 aromatic rings. The summed E-state index contributed by atoms with van der Waals surface area (Å²) in [6.45, 7) is -0.124. The molecule has 3 heterocycles. The third kappa shape index (κ3) is 2.96. The van der Waals surface area contributed by atoms with Crippen molar-refractivity contribution in [1.29, 1.82) is 0 Å². The van der Waals surface area contributed by atoms with E-state index in [1.54, 1.807) is 18.5 Å². The Labute approximate surface area is 174 Å². The molecule has 1 saturated heterocycles. The summed E-state index contributed by atoms with van der Waals surface area (Å²) < 4.78 is 16.1. The Morgan fingerprint density at radius 2 is 1.84 bits per heavy atom. The molecule has 5 rings (SSSR count). The minimum absolute atomic E-state index is 0.0113. The van der Waals surface area contributed by atoms with Gasteiger partial charge in [-0.2, -0.15) is 5.10 Å². The van der Waals surface area contributed by atoms with Gasteiger partial charge in [0, 0.05) is 28.7 Å². The maximum atomic E-state index is 13.2. The zero-order valence-corrected chi connectivity index (χ0v) is 15.9. The number of halogens is 1. The first-order valence-electron chi connectivity index (χ1n) is 9.31. The van der Waals surface area contributed by atoms with Crippen molar-refractivity contribution in [2.45, 2.75) is 12.1 Å². The lowest BCUT2D eigenvalue weighted by atomic mass is 9.92. The van der Waals surface area contributed by atoms with Gasteiger partial charge in [-0.1, -0.05) is 0 Å². The number of hydrogen-bond donors (Lipinski definition) is 4. The highest BCUT2D eigenvalue weighted by molar-refractivity contribution is 6.07. The molecular weight excluding hydrogens is 405 g/mol. The Balaban J connectivity index is 1.59. The van der Waals surface area contributed by atoms with Crippen LogP contribution in [0.1, 0.15) is 5.56 Å². The number of benzene rings is 2. The van der Waals surface area contributed by atoms with Crippen molar-refractivity contribution in [2.24, 2.45) is 0 Å². The fourth-order valence-electron chi connectivity index (χ4n) is 3.79. The van der Waals surface area contributed by atoms with Gasteiger partial charge in [0.25, 0.3) is 5.91 Å². The van der Waals surface area contributed by atoms with Gasteiger partial charge in [-0.3, -0.25) is 10.1 Å². The molecule has 1 atom stereocenters. The fourth-order valence-corrected chi connectivity index (χ4v) is 3.79. The second-order valence-electron chi connectivity index (χ2n) is 7.32. The highest BCUT2D eigenvalue weighted by Gasteiger charge is 2.49. The molecule has 1 unspecified atom stereocenters. The van der Waals surface area contributed by atoms with Crippen LogP contribution in [0.2, 0.25) is 0 Å². The molecular formula is C21H16FN5O4. The number of nitrogens with one attached hydrogen (secondary N) is 2. The molecule has 0 aliphatic carbocycles. The highest BCUT2D eigenvalue weighted by atomic mass is 19.1. The second kappa shape index (κ2) is 6.59. The van der Waals surface area contributed by atoms with E-state index in [1.165, 1.54) is 51.8 Å². The van der Waals surface area contributed by atoms with Crippen LogP contribution in [0.3, 0.4) is 0 Å². The van der Waals surface area contributed by atoms with Crippen molar-refractivity contribution in [3.63, 3.8) is 0 Å². The Morgan fingerprint density at radius 3 is 2.55 bits per heavy atom. The first kappa shape index (κ1) is 18.7. The topological polar surface area (TPSA) is 121 Å². The molecule has 2 aromatic carbocycles. The number of aromatic hydroxyl groups is 2. The molecule has 1 aliphatic heterocycles. The van der Waals surface area contributed by atoms with Crippen molar-refractivity contribution < 1.29 is 24.2 Å². The quantitative estimate of drug-likeness (QED) is 0.376. The van der Waals surface area contributed by atoms with Crippen molar-refractivity contribution in [3.8, 4) is 17.3 Å². The molecule has 4 N–H and O–H groups in total. The van der Waals surface area contributed by atoms with Gasteiger partial charge in [-0.25, -0.2) is 13.9 Å². The Morgan fingerprint density at radius 1 is 1.06 bits per heavy atom. The molecule has 1 fully saturated rings. The van der Waals surface area contributed by atoms with Crippen molar-refractivity contribution in [3.05, 3.63) is 72.4 Å². The minimum Gasteiger partial charge on any atom is -0.508 e. The third-order valence-corrected chi connectivity index (χ3v) is 5.36. The number of aromatic nitrogens is 3. The van der Waals surface area contributed by atoms with Crippen LogP contribution < -0.4 is 10.6 Å². The summed E-state index contributed by atoms with van der Waals surface area (Å²) in [7, 11) is 0. The van der Waals surface area contributed by atoms with Gasteiger partial charge in [0.05, 0.1) is 18.4 Å². The highest BCUT2D eigenvalue weighted by Crippen LogP contribution is 2.34. The van der Waals surface area contributed by atoms with Crippen molar-refractivity contribution >= 4 is 22.7 Å². The zero-order chi connectivity index (χ0) is 21.8. The summed E-state index contributed by atoms with van der Waals surface area (Å²) in [5.74, 6) is -1.17. The van der Waals surface area contributed by atoms with E-state index in [9.17, 15) is 24.2 Å². The number of fused-ring (bicyclic) bond motifs is 1. The Kier molecular flexibility index (Phi) is 3.97. The molecule has 1 aliphatic rings. The second-order valence-corrected chi connectivity index (χ2v) is 7.32. The Bertz CT molecular complexity index is 1340. The van der Waals surface area contributed by atoms with Crippen LogP contribution in [0.15, 0.2) is 61.1 Å². The number of amides is 3. The lowest BCUT2D eigenvalue weighted by Gasteiger charge is -2.25. The number of phenolic OH excluding ortho intramolecular Hbond substituents is 1. The molecule has 9 nitrogen and oxygen atoms in total. The average molecular weight is 421 g/mol. The van der Waals surface area contributed by atoms with E-state index in [4.69, 9.17) is 0 Å². The van der Waals surface area contributed by atoms with Gasteiger partial charge < -0.3 is 20.1 Å². The molecule has 0 spiro atoms. The normalized spacial score (nSPS) is 18.4. The first-order chi connectivity index (χ1) is 14.9. The predicted octanol–water partition coefficient (Wildman–Crippen LogP) is 2.11. The lowest BCUT2D eigenvalue weighted by molar-refractivity contribution is -0.124. The van der Waals surface area contributed by atoms with E-state index in [0.29, 0.717) is 22.0 Å². The number of rotatable bonds is 4. The van der Waals surface area contributed by atoms with Crippen LogP contribution in [0.4, 0.5) is 9.18 Å². The molecule has 0 radical (unpaired) electrons. The van der Waals surface area contributed by atoms with Gasteiger partial charge in [0.2, 0.25) is 0 Å². The van der Waals surface area contributed by atoms with Crippen LogP contribution in [0, 0.1) is 5.82 Å². The molecule has 2 aromatic heterocycles. The minimum atomic E-state index is -1.54. The summed E-state index contributed by atoms with van der Waals surface area (Å²) in [5, 5.41) is 30.5. The summed E-state index contributed by atoms with van der Waals surface area (Å²) >= 11 is 0. The number of imide groups is 1. The largest absolute Gasteiger partial charge is 0.508 e. The van der Waals surface area contributed by atoms with Gasteiger partial charge in [-0.15, -0.1) is 0 Å². The summed E-state index contributed by atoms with van der Waals surface area (Å²) in [6.07, 6.45) is 4.61. The number of hydrogen-bond acceptors (Lipinski definition) is 5. The molecule has 156 valence electrons. The van der Waals surface area contributed by atoms with Crippen LogP contribution in [0.25, 0.3) is 16.5 Å². The monoisotopic (exact) mass is 421 g/mol. The summed E-state index contributed by atoms with van der Waals surface area (Å²) in [4.78, 5) is 24.9. The average Bonchev–Trinajstić information content (AvgIpc) is 3.41. The van der Waals surface area contributed by atoms with Crippen LogP contribution >= 0.6 is 0 Å². The van der Waals surface area contributed by atoms with Crippen molar-refractivity contribution in [1.82, 2.24) is 25.0 Å². The molecule has 10 heteroatoms. The van der Waals surface area contributed by atoms with E-state index in [1.807, 2.05) is 0 Å². The number of nitrogens with zero attached hydrogens (tertiary/aromatic N) is 3. The maximum Gasteiger partial charge on any atom is 0.322 e. The van der Waals surface area contributed by atoms with Crippen LogP contribution in [-0.2, 0) is 16.9 Å².